The van der Waals surface area contributed by atoms with Crippen LogP contribution in [0.3, 0.4) is 0 Å². The maximum absolute atomic E-state index is 14.0. The van der Waals surface area contributed by atoms with E-state index in [1.807, 2.05) is 0 Å². The van der Waals surface area contributed by atoms with Crippen LogP contribution in [0.1, 0.15) is 34.1 Å². The van der Waals surface area contributed by atoms with Gasteiger partial charge in [-0.25, -0.2) is 14.6 Å². The van der Waals surface area contributed by atoms with Crippen LogP contribution in [0.5, 0.6) is 0 Å². The van der Waals surface area contributed by atoms with E-state index in [0.717, 1.165) is 24.6 Å². The highest BCUT2D eigenvalue weighted by atomic mass is 28.3. The van der Waals surface area contributed by atoms with Gasteiger partial charge < -0.3 is 24.4 Å². The molecular weight excluding hydrogens is 650 g/mol. The number of aromatic nitrogens is 5. The number of carbonyl (C=O) groups excluding carboxylic acids is 1. The number of nitrogens with one attached hydrogen (secondary N) is 1. The molecular formula is C29H38F6N8O3Si. The van der Waals surface area contributed by atoms with Crippen LogP contribution in [-0.4, -0.2) is 82.0 Å². The third-order valence-corrected chi connectivity index (χ3v) is 9.29. The molecule has 0 bridgehead atoms. The molecule has 0 saturated carbocycles. The average molecular weight is 689 g/mol. The second-order valence-corrected chi connectivity index (χ2v) is 18.3. The molecule has 3 aromatic rings. The van der Waals surface area contributed by atoms with Crippen molar-refractivity contribution < 1.29 is 35.9 Å². The predicted molar refractivity (Wildman–Crippen MR) is 165 cm³/mol. The van der Waals surface area contributed by atoms with E-state index >= 15 is 0 Å². The minimum atomic E-state index is -4.94. The minimum Gasteiger partial charge on any atom is -0.379 e. The second kappa shape index (κ2) is 14.0. The standard InChI is InChI=1S/C29H38F6N8O3Si/c1-19(39-23-15-38-43(18-46-10-11-47(3,4)5)26(45)24(23)29(33,34)35)16-42-17-21(12-20(42)2)25(44)40-6-8-41(9-7-40)27-36-13-22(14-37-27)28(30,31)32/h12-15,17,19,39H,6-11,16,18H2,1-5H3/t19-/m0/s1. The Kier molecular flexibility index (Phi) is 10.7. The van der Waals surface area contributed by atoms with E-state index in [0.29, 0.717) is 35.6 Å². The Morgan fingerprint density at radius 1 is 1.02 bits per heavy atom. The number of aryl methyl sites for hydroxylation is 1. The van der Waals surface area contributed by atoms with Crippen LogP contribution >= 0.6 is 0 Å². The highest BCUT2D eigenvalue weighted by Gasteiger charge is 2.39. The first-order valence-corrected chi connectivity index (χ1v) is 18.7. The zero-order chi connectivity index (χ0) is 34.7. The van der Waals surface area contributed by atoms with Crippen molar-refractivity contribution in [2.75, 3.05) is 43.0 Å². The molecule has 47 heavy (non-hydrogen) atoms. The smallest absolute Gasteiger partial charge is 0.379 e. The monoisotopic (exact) mass is 688 g/mol. The van der Waals surface area contributed by atoms with Crippen LogP contribution in [0.2, 0.25) is 25.7 Å². The number of piperazine rings is 1. The lowest BCUT2D eigenvalue weighted by molar-refractivity contribution is -0.139. The van der Waals surface area contributed by atoms with Crippen molar-refractivity contribution in [1.82, 2.24) is 29.2 Å². The molecule has 4 rings (SSSR count). The molecule has 1 N–H and O–H groups in total. The van der Waals surface area contributed by atoms with E-state index in [-0.39, 0.29) is 38.2 Å². The number of hydrogen-bond acceptors (Lipinski definition) is 8. The van der Waals surface area contributed by atoms with Crippen LogP contribution in [0.15, 0.2) is 35.6 Å². The van der Waals surface area contributed by atoms with Gasteiger partial charge in [-0.3, -0.25) is 9.59 Å². The first-order valence-electron chi connectivity index (χ1n) is 15.0. The molecule has 258 valence electrons. The Labute approximate surface area is 268 Å². The molecule has 3 aromatic heterocycles. The number of anilines is 2. The summed E-state index contributed by atoms with van der Waals surface area (Å²) in [5.41, 5.74) is -3.00. The molecule has 1 saturated heterocycles. The molecule has 0 spiro atoms. The van der Waals surface area contributed by atoms with Crippen LogP contribution in [-0.2, 0) is 30.4 Å². The summed E-state index contributed by atoms with van der Waals surface area (Å²) in [4.78, 5) is 36.9. The fourth-order valence-electron chi connectivity index (χ4n) is 4.95. The Bertz CT molecular complexity index is 1590. The minimum absolute atomic E-state index is 0.139. The third kappa shape index (κ3) is 9.33. The number of ether oxygens (including phenoxy) is 1. The van der Waals surface area contributed by atoms with Gasteiger partial charge in [-0.2, -0.15) is 31.4 Å². The summed E-state index contributed by atoms with van der Waals surface area (Å²) >= 11 is 0. The lowest BCUT2D eigenvalue weighted by atomic mass is 10.2. The van der Waals surface area contributed by atoms with Crippen molar-refractivity contribution in [3.05, 3.63) is 63.6 Å². The molecule has 1 aliphatic rings. The van der Waals surface area contributed by atoms with Gasteiger partial charge >= 0.3 is 12.4 Å². The number of amides is 1. The number of halogens is 6. The highest BCUT2D eigenvalue weighted by molar-refractivity contribution is 6.76. The molecule has 4 heterocycles. The Hall–Kier alpha value is -3.93. The van der Waals surface area contributed by atoms with Gasteiger partial charge in [0, 0.05) is 77.7 Å². The SMILES string of the molecule is Cc1cc(C(=O)N2CCN(c3ncc(C(F)(F)F)cn3)CC2)cn1C[C@H](C)Nc1cnn(COCC[Si](C)(C)C)c(=O)c1C(F)(F)F. The van der Waals surface area contributed by atoms with Crippen molar-refractivity contribution in [2.24, 2.45) is 0 Å². The maximum atomic E-state index is 14.0. The fraction of sp³-hybridized carbons (Fsp3) is 0.552. The number of nitrogens with zero attached hydrogens (tertiary/aromatic N) is 7. The number of carbonyl (C=O) groups is 1. The largest absolute Gasteiger partial charge is 0.423 e. The molecule has 1 atom stereocenters. The van der Waals surface area contributed by atoms with Crippen LogP contribution < -0.4 is 15.8 Å². The lowest BCUT2D eigenvalue weighted by Crippen LogP contribution is -2.49. The molecule has 11 nitrogen and oxygen atoms in total. The van der Waals surface area contributed by atoms with Gasteiger partial charge in [-0.15, -0.1) is 0 Å². The van der Waals surface area contributed by atoms with Crippen molar-refractivity contribution in [2.45, 2.75) is 71.2 Å². The zero-order valence-corrected chi connectivity index (χ0v) is 27.7. The molecule has 1 aliphatic heterocycles. The zero-order valence-electron chi connectivity index (χ0n) is 26.7. The number of hydrogen-bond donors (Lipinski definition) is 1. The van der Waals surface area contributed by atoms with Gasteiger partial charge in [0.2, 0.25) is 5.95 Å². The van der Waals surface area contributed by atoms with Gasteiger partial charge in [0.15, 0.2) is 0 Å². The van der Waals surface area contributed by atoms with Gasteiger partial charge in [0.1, 0.15) is 12.3 Å². The summed E-state index contributed by atoms with van der Waals surface area (Å²) in [5, 5.41) is 6.65. The van der Waals surface area contributed by atoms with E-state index in [1.165, 1.54) is 0 Å². The number of alkyl halides is 6. The van der Waals surface area contributed by atoms with Crippen molar-refractivity contribution in [3.8, 4) is 0 Å². The van der Waals surface area contributed by atoms with E-state index in [9.17, 15) is 35.9 Å². The molecule has 1 fully saturated rings. The average Bonchev–Trinajstić information content (AvgIpc) is 3.33. The molecule has 0 aromatic carbocycles. The fourth-order valence-corrected chi connectivity index (χ4v) is 5.71. The summed E-state index contributed by atoms with van der Waals surface area (Å²) in [5.74, 6) is -0.125. The maximum Gasteiger partial charge on any atom is 0.423 e. The molecule has 0 aliphatic carbocycles. The van der Waals surface area contributed by atoms with Gasteiger partial charge in [-0.05, 0) is 26.0 Å². The summed E-state index contributed by atoms with van der Waals surface area (Å²) in [7, 11) is -1.43. The van der Waals surface area contributed by atoms with E-state index in [4.69, 9.17) is 4.74 Å². The van der Waals surface area contributed by atoms with Crippen molar-refractivity contribution in [1.29, 1.82) is 0 Å². The topological polar surface area (TPSA) is 110 Å². The van der Waals surface area contributed by atoms with Crippen LogP contribution in [0, 0.1) is 6.92 Å². The summed E-state index contributed by atoms with van der Waals surface area (Å²) in [6.07, 6.45) is -5.45. The molecule has 1 amide bonds. The third-order valence-electron chi connectivity index (χ3n) is 7.58. The lowest BCUT2D eigenvalue weighted by Gasteiger charge is -2.34. The molecule has 0 unspecified atom stereocenters. The van der Waals surface area contributed by atoms with E-state index < -0.39 is 48.8 Å². The number of rotatable bonds is 11. The molecule has 18 heteroatoms. The summed E-state index contributed by atoms with van der Waals surface area (Å²) in [6, 6.07) is 1.86. The summed E-state index contributed by atoms with van der Waals surface area (Å²) < 4.78 is 88.3. The van der Waals surface area contributed by atoms with Crippen LogP contribution in [0.4, 0.5) is 38.0 Å². The first kappa shape index (κ1) is 35.9. The van der Waals surface area contributed by atoms with Crippen molar-refractivity contribution >= 4 is 25.6 Å². The van der Waals surface area contributed by atoms with Crippen molar-refractivity contribution in [3.63, 3.8) is 0 Å². The summed E-state index contributed by atoms with van der Waals surface area (Å²) in [6.45, 7) is 11.1. The highest BCUT2D eigenvalue weighted by Crippen LogP contribution is 2.32. The van der Waals surface area contributed by atoms with E-state index in [2.05, 4.69) is 40.0 Å². The van der Waals surface area contributed by atoms with Gasteiger partial charge in [0.05, 0.1) is 23.0 Å². The van der Waals surface area contributed by atoms with E-state index in [1.54, 1.807) is 40.5 Å². The van der Waals surface area contributed by atoms with Gasteiger partial charge in [-0.1, -0.05) is 19.6 Å². The Morgan fingerprint density at radius 3 is 2.23 bits per heavy atom. The first-order chi connectivity index (χ1) is 21.8. The Balaban J connectivity index is 1.37. The quantitative estimate of drug-likeness (QED) is 0.171. The normalized spacial score (nSPS) is 15.2. The second-order valence-electron chi connectivity index (χ2n) is 12.7. The van der Waals surface area contributed by atoms with Gasteiger partial charge in [0.25, 0.3) is 11.5 Å². The van der Waals surface area contributed by atoms with Crippen LogP contribution in [0.25, 0.3) is 0 Å². The Morgan fingerprint density at radius 2 is 1.66 bits per heavy atom. The predicted octanol–water partition coefficient (Wildman–Crippen LogP) is 4.96. The molecule has 0 radical (unpaired) electrons.